The molecular formula is C21H21N3O4. The summed E-state index contributed by atoms with van der Waals surface area (Å²) < 4.78 is 5.21. The summed E-state index contributed by atoms with van der Waals surface area (Å²) in [5, 5.41) is 2.73. The lowest BCUT2D eigenvalue weighted by Gasteiger charge is -2.15. The lowest BCUT2D eigenvalue weighted by molar-refractivity contribution is -0.120. The van der Waals surface area contributed by atoms with E-state index in [2.05, 4.69) is 5.32 Å². The van der Waals surface area contributed by atoms with Crippen molar-refractivity contribution in [2.24, 2.45) is 5.73 Å². The molecule has 0 saturated carbocycles. The second-order valence-corrected chi connectivity index (χ2v) is 6.35. The lowest BCUT2D eigenvalue weighted by Crippen LogP contribution is -2.23. The van der Waals surface area contributed by atoms with E-state index in [-0.39, 0.29) is 18.4 Å². The molecule has 1 aliphatic rings. The minimum atomic E-state index is -0.572. The van der Waals surface area contributed by atoms with Crippen molar-refractivity contribution in [2.75, 3.05) is 23.4 Å². The number of ether oxygens (including phenoxy) is 1. The number of nitrogens with two attached hydrogens (primary N) is 1. The Morgan fingerprint density at radius 2 is 1.96 bits per heavy atom. The van der Waals surface area contributed by atoms with E-state index >= 15 is 0 Å². The van der Waals surface area contributed by atoms with Crippen LogP contribution >= 0.6 is 0 Å². The van der Waals surface area contributed by atoms with Crippen LogP contribution in [0.3, 0.4) is 0 Å². The van der Waals surface area contributed by atoms with Gasteiger partial charge in [0.25, 0.3) is 5.91 Å². The first kappa shape index (κ1) is 19.2. The first-order valence-electron chi connectivity index (χ1n) is 8.92. The van der Waals surface area contributed by atoms with Crippen LogP contribution in [0, 0.1) is 0 Å². The highest BCUT2D eigenvalue weighted by Gasteiger charge is 2.21. The number of nitrogens with one attached hydrogen (secondary N) is 1. The van der Waals surface area contributed by atoms with Gasteiger partial charge in [0.15, 0.2) is 6.61 Å². The Balaban J connectivity index is 1.57. The molecule has 0 spiro atoms. The first-order valence-corrected chi connectivity index (χ1v) is 8.92. The normalized spacial score (nSPS) is 13.7. The minimum Gasteiger partial charge on any atom is -0.484 e. The SMILES string of the molecule is NC(=O)COc1cccc(NC(=O)/C=C/c2ccc(N3CCCC3=O)cc2)c1. The smallest absolute Gasteiger partial charge is 0.255 e. The molecule has 2 aromatic carbocycles. The fourth-order valence-corrected chi connectivity index (χ4v) is 2.86. The fraction of sp³-hybridized carbons (Fsp3) is 0.190. The third-order valence-corrected chi connectivity index (χ3v) is 4.19. The number of nitrogens with zero attached hydrogens (tertiary/aromatic N) is 1. The van der Waals surface area contributed by atoms with Gasteiger partial charge in [-0.2, -0.15) is 0 Å². The van der Waals surface area contributed by atoms with Gasteiger partial charge in [-0.3, -0.25) is 14.4 Å². The minimum absolute atomic E-state index is 0.143. The van der Waals surface area contributed by atoms with Gasteiger partial charge in [-0.05, 0) is 42.3 Å². The predicted octanol–water partition coefficient (Wildman–Crippen LogP) is 2.33. The van der Waals surface area contributed by atoms with Crippen molar-refractivity contribution in [3.05, 3.63) is 60.2 Å². The first-order chi connectivity index (χ1) is 13.5. The molecule has 0 radical (unpaired) electrons. The predicted molar refractivity (Wildman–Crippen MR) is 107 cm³/mol. The van der Waals surface area contributed by atoms with Crippen LogP contribution in [0.15, 0.2) is 54.6 Å². The van der Waals surface area contributed by atoms with Crippen molar-refractivity contribution in [1.29, 1.82) is 0 Å². The van der Waals surface area contributed by atoms with Crippen LogP contribution in [-0.4, -0.2) is 30.9 Å². The zero-order chi connectivity index (χ0) is 19.9. The maximum atomic E-state index is 12.1. The number of carbonyl (C=O) groups is 3. The zero-order valence-corrected chi connectivity index (χ0v) is 15.3. The van der Waals surface area contributed by atoms with E-state index in [1.54, 1.807) is 35.2 Å². The maximum Gasteiger partial charge on any atom is 0.255 e. The summed E-state index contributed by atoms with van der Waals surface area (Å²) in [5.74, 6) is -0.291. The van der Waals surface area contributed by atoms with E-state index in [4.69, 9.17) is 10.5 Å². The van der Waals surface area contributed by atoms with Gasteiger partial charge in [-0.25, -0.2) is 0 Å². The summed E-state index contributed by atoms with van der Waals surface area (Å²) in [6, 6.07) is 14.2. The Labute approximate surface area is 162 Å². The highest BCUT2D eigenvalue weighted by atomic mass is 16.5. The largest absolute Gasteiger partial charge is 0.484 e. The Hall–Kier alpha value is -3.61. The monoisotopic (exact) mass is 379 g/mol. The molecule has 0 aromatic heterocycles. The molecule has 3 N–H and O–H groups in total. The lowest BCUT2D eigenvalue weighted by atomic mass is 10.2. The highest BCUT2D eigenvalue weighted by molar-refractivity contribution is 6.02. The molecule has 0 aliphatic carbocycles. The Bertz CT molecular complexity index is 906. The average Bonchev–Trinajstić information content (AvgIpc) is 3.11. The number of carbonyl (C=O) groups excluding carboxylic acids is 3. The van der Waals surface area contributed by atoms with Crippen molar-refractivity contribution in [3.63, 3.8) is 0 Å². The van der Waals surface area contributed by atoms with Crippen molar-refractivity contribution in [3.8, 4) is 5.75 Å². The van der Waals surface area contributed by atoms with Crippen molar-refractivity contribution >= 4 is 35.2 Å². The standard InChI is InChI=1S/C21H21N3O4/c22-19(25)14-28-18-4-1-3-16(13-18)23-20(26)11-8-15-6-9-17(10-7-15)24-12-2-5-21(24)27/h1,3-4,6-11,13H,2,5,12,14H2,(H2,22,25)(H,23,26)/b11-8+. The Kier molecular flexibility index (Phi) is 6.06. The molecule has 0 unspecified atom stereocenters. The van der Waals surface area contributed by atoms with Crippen LogP contribution in [0.2, 0.25) is 0 Å². The Morgan fingerprint density at radius 3 is 2.64 bits per heavy atom. The molecule has 7 nitrogen and oxygen atoms in total. The number of anilines is 2. The van der Waals surface area contributed by atoms with Crippen LogP contribution in [0.5, 0.6) is 5.75 Å². The van der Waals surface area contributed by atoms with E-state index in [0.29, 0.717) is 17.9 Å². The summed E-state index contributed by atoms with van der Waals surface area (Å²) in [5.41, 5.74) is 7.31. The second kappa shape index (κ2) is 8.85. The van der Waals surface area contributed by atoms with Gasteiger partial charge in [-0.1, -0.05) is 18.2 Å². The second-order valence-electron chi connectivity index (χ2n) is 6.35. The summed E-state index contributed by atoms with van der Waals surface area (Å²) in [7, 11) is 0. The number of amides is 3. The van der Waals surface area contributed by atoms with Crippen LogP contribution < -0.4 is 20.7 Å². The van der Waals surface area contributed by atoms with Crippen LogP contribution in [0.25, 0.3) is 6.08 Å². The number of benzene rings is 2. The highest BCUT2D eigenvalue weighted by Crippen LogP contribution is 2.22. The van der Waals surface area contributed by atoms with Gasteiger partial charge in [0, 0.05) is 36.5 Å². The van der Waals surface area contributed by atoms with E-state index in [9.17, 15) is 14.4 Å². The summed E-state index contributed by atoms with van der Waals surface area (Å²) in [6.07, 6.45) is 4.59. The van der Waals surface area contributed by atoms with Gasteiger partial charge in [0.2, 0.25) is 11.8 Å². The average molecular weight is 379 g/mol. The molecule has 0 atom stereocenters. The molecule has 1 fully saturated rings. The zero-order valence-electron chi connectivity index (χ0n) is 15.3. The van der Waals surface area contributed by atoms with Crippen LogP contribution in [0.1, 0.15) is 18.4 Å². The fourth-order valence-electron chi connectivity index (χ4n) is 2.86. The van der Waals surface area contributed by atoms with Crippen LogP contribution in [-0.2, 0) is 14.4 Å². The van der Waals surface area contributed by atoms with Crippen molar-refractivity contribution in [1.82, 2.24) is 0 Å². The molecule has 3 amide bonds. The van der Waals surface area contributed by atoms with Gasteiger partial charge < -0.3 is 20.7 Å². The number of hydrogen-bond donors (Lipinski definition) is 2. The maximum absolute atomic E-state index is 12.1. The molecule has 3 rings (SSSR count). The van der Waals surface area contributed by atoms with E-state index < -0.39 is 5.91 Å². The van der Waals surface area contributed by atoms with E-state index in [1.807, 2.05) is 24.3 Å². The third kappa shape index (κ3) is 5.20. The molecular weight excluding hydrogens is 358 g/mol. The summed E-state index contributed by atoms with van der Waals surface area (Å²) in [6.45, 7) is 0.523. The van der Waals surface area contributed by atoms with Gasteiger partial charge in [0.1, 0.15) is 5.75 Å². The molecule has 144 valence electrons. The third-order valence-electron chi connectivity index (χ3n) is 4.19. The molecule has 28 heavy (non-hydrogen) atoms. The van der Waals surface area contributed by atoms with Gasteiger partial charge in [0.05, 0.1) is 0 Å². The van der Waals surface area contributed by atoms with Gasteiger partial charge >= 0.3 is 0 Å². The van der Waals surface area contributed by atoms with E-state index in [0.717, 1.165) is 24.2 Å². The molecule has 2 aromatic rings. The molecule has 0 bridgehead atoms. The number of primary amides is 1. The van der Waals surface area contributed by atoms with Crippen LogP contribution in [0.4, 0.5) is 11.4 Å². The quantitative estimate of drug-likeness (QED) is 0.721. The molecule has 1 aliphatic heterocycles. The number of rotatable bonds is 7. The summed E-state index contributed by atoms with van der Waals surface area (Å²) >= 11 is 0. The molecule has 1 saturated heterocycles. The number of hydrogen-bond acceptors (Lipinski definition) is 4. The van der Waals surface area contributed by atoms with E-state index in [1.165, 1.54) is 6.08 Å². The Morgan fingerprint density at radius 1 is 1.18 bits per heavy atom. The molecule has 1 heterocycles. The van der Waals surface area contributed by atoms with Crippen molar-refractivity contribution < 1.29 is 19.1 Å². The molecule has 7 heteroatoms. The topological polar surface area (TPSA) is 102 Å². The van der Waals surface area contributed by atoms with Crippen molar-refractivity contribution in [2.45, 2.75) is 12.8 Å². The van der Waals surface area contributed by atoms with Gasteiger partial charge in [-0.15, -0.1) is 0 Å². The summed E-state index contributed by atoms with van der Waals surface area (Å²) in [4.78, 5) is 36.4.